The minimum atomic E-state index is -3.42. The molecule has 3 aromatic carbocycles. The number of rotatable bonds is 8. The maximum atomic E-state index is 12.4. The molecule has 0 unspecified atom stereocenters. The van der Waals surface area contributed by atoms with Crippen molar-refractivity contribution < 1.29 is 13.5 Å². The van der Waals surface area contributed by atoms with Crippen LogP contribution >= 0.6 is 11.6 Å². The summed E-state index contributed by atoms with van der Waals surface area (Å²) in [5, 5.41) is 22.0. The number of halogens is 1. The molecule has 2 heterocycles. The van der Waals surface area contributed by atoms with Crippen molar-refractivity contribution in [1.29, 1.82) is 0 Å². The molecule has 5 rings (SSSR count). The van der Waals surface area contributed by atoms with Crippen molar-refractivity contribution in [3.8, 4) is 16.9 Å². The molecule has 4 aromatic rings. The molecule has 192 valence electrons. The fourth-order valence-corrected chi connectivity index (χ4v) is 5.71. The Morgan fingerprint density at radius 2 is 1.73 bits per heavy atom. The summed E-state index contributed by atoms with van der Waals surface area (Å²) in [6.45, 7) is 4.40. The molecule has 0 aliphatic carbocycles. The highest BCUT2D eigenvalue weighted by Gasteiger charge is 2.17. The maximum absolute atomic E-state index is 12.4. The Morgan fingerprint density at radius 3 is 2.49 bits per heavy atom. The van der Waals surface area contributed by atoms with E-state index in [0.29, 0.717) is 45.5 Å². The van der Waals surface area contributed by atoms with Gasteiger partial charge in [-0.25, -0.2) is 13.4 Å². The van der Waals surface area contributed by atoms with E-state index < -0.39 is 10.0 Å². The standard InChI is InChI=1S/C26H27ClN6O3S/c1-17-14-18(22-16-21(34)8-9-23(22)27)15-24-25(17)29-26(31-30-24)28-19-4-6-20(7-5-19)32-37(35,36)13-12-33-10-2-3-11-33/h4-9,14-16,32,34H,2-3,10-13H2,1H3,(H,28,29,31). The van der Waals surface area contributed by atoms with Gasteiger partial charge in [0.05, 0.1) is 11.3 Å². The van der Waals surface area contributed by atoms with Gasteiger partial charge in [-0.05, 0) is 98.6 Å². The first-order valence-corrected chi connectivity index (χ1v) is 14.0. The molecule has 37 heavy (non-hydrogen) atoms. The Labute approximate surface area is 220 Å². The van der Waals surface area contributed by atoms with Crippen molar-refractivity contribution in [2.24, 2.45) is 0 Å². The number of phenolic OH excluding ortho intramolecular Hbond substituents is 1. The molecule has 0 spiro atoms. The number of nitrogens with one attached hydrogen (secondary N) is 2. The van der Waals surface area contributed by atoms with Crippen LogP contribution in [0.1, 0.15) is 18.4 Å². The number of aromatic nitrogens is 3. The van der Waals surface area contributed by atoms with Gasteiger partial charge in [-0.3, -0.25) is 4.72 Å². The van der Waals surface area contributed by atoms with Crippen LogP contribution in [0.15, 0.2) is 54.6 Å². The zero-order chi connectivity index (χ0) is 26.0. The number of sulfonamides is 1. The predicted octanol–water partition coefficient (Wildman–Crippen LogP) is 4.94. The quantitative estimate of drug-likeness (QED) is 0.288. The number of fused-ring (bicyclic) bond motifs is 1. The molecule has 3 N–H and O–H groups in total. The van der Waals surface area contributed by atoms with E-state index >= 15 is 0 Å². The highest BCUT2D eigenvalue weighted by Crippen LogP contribution is 2.33. The summed E-state index contributed by atoms with van der Waals surface area (Å²) in [7, 11) is -3.42. The van der Waals surface area contributed by atoms with Gasteiger partial charge in [-0.2, -0.15) is 0 Å². The molecule has 1 aliphatic rings. The monoisotopic (exact) mass is 538 g/mol. The second-order valence-electron chi connectivity index (χ2n) is 9.13. The van der Waals surface area contributed by atoms with Gasteiger partial charge >= 0.3 is 0 Å². The smallest absolute Gasteiger partial charge is 0.247 e. The number of hydrogen-bond acceptors (Lipinski definition) is 8. The Balaban J connectivity index is 1.28. The van der Waals surface area contributed by atoms with E-state index in [2.05, 4.69) is 30.1 Å². The fourth-order valence-electron chi connectivity index (χ4n) is 4.39. The normalized spacial score (nSPS) is 14.2. The highest BCUT2D eigenvalue weighted by atomic mass is 35.5. The van der Waals surface area contributed by atoms with Crippen LogP contribution in [-0.2, 0) is 10.0 Å². The minimum Gasteiger partial charge on any atom is -0.508 e. The molecule has 0 radical (unpaired) electrons. The molecule has 1 aromatic heterocycles. The minimum absolute atomic E-state index is 0.0717. The lowest BCUT2D eigenvalue weighted by molar-refractivity contribution is 0.359. The van der Waals surface area contributed by atoms with Crippen molar-refractivity contribution >= 4 is 50.0 Å². The number of anilines is 3. The van der Waals surface area contributed by atoms with E-state index in [9.17, 15) is 13.5 Å². The van der Waals surface area contributed by atoms with Crippen LogP contribution in [-0.4, -0.2) is 59.0 Å². The van der Waals surface area contributed by atoms with Crippen LogP contribution in [0.25, 0.3) is 22.2 Å². The van der Waals surface area contributed by atoms with Crippen molar-refractivity contribution in [2.75, 3.05) is 35.4 Å². The first kappa shape index (κ1) is 25.2. The van der Waals surface area contributed by atoms with Crippen molar-refractivity contribution in [3.63, 3.8) is 0 Å². The third kappa shape index (κ3) is 6.10. The van der Waals surface area contributed by atoms with Crippen LogP contribution in [0.3, 0.4) is 0 Å². The molecule has 9 nitrogen and oxygen atoms in total. The molecule has 1 aliphatic heterocycles. The van der Waals surface area contributed by atoms with E-state index in [1.807, 2.05) is 19.1 Å². The topological polar surface area (TPSA) is 120 Å². The lowest BCUT2D eigenvalue weighted by atomic mass is 10.0. The third-order valence-electron chi connectivity index (χ3n) is 6.30. The number of aromatic hydroxyl groups is 1. The van der Waals surface area contributed by atoms with Gasteiger partial charge in [0.15, 0.2) is 0 Å². The van der Waals surface area contributed by atoms with E-state index in [1.54, 1.807) is 36.4 Å². The summed E-state index contributed by atoms with van der Waals surface area (Å²) in [6, 6.07) is 15.5. The van der Waals surface area contributed by atoms with E-state index in [0.717, 1.165) is 37.1 Å². The molecular formula is C26H27ClN6O3S. The molecule has 0 bridgehead atoms. The first-order valence-electron chi connectivity index (χ1n) is 12.0. The summed E-state index contributed by atoms with van der Waals surface area (Å²) in [5.74, 6) is 0.516. The number of hydrogen-bond donors (Lipinski definition) is 3. The molecule has 1 fully saturated rings. The van der Waals surface area contributed by atoms with Crippen molar-refractivity contribution in [2.45, 2.75) is 19.8 Å². The third-order valence-corrected chi connectivity index (χ3v) is 7.90. The van der Waals surface area contributed by atoms with E-state index in [1.165, 1.54) is 6.07 Å². The Morgan fingerprint density at radius 1 is 1.00 bits per heavy atom. The van der Waals surface area contributed by atoms with Gasteiger partial charge in [-0.1, -0.05) is 11.6 Å². The summed E-state index contributed by atoms with van der Waals surface area (Å²) in [5.41, 5.74) is 4.85. The zero-order valence-electron chi connectivity index (χ0n) is 20.3. The number of likely N-dealkylation sites (tertiary alicyclic amines) is 1. The molecule has 0 amide bonds. The maximum Gasteiger partial charge on any atom is 0.247 e. The SMILES string of the molecule is Cc1cc(-c2cc(O)ccc2Cl)cc2nnc(Nc3ccc(NS(=O)(=O)CCN4CCCC4)cc3)nc12. The number of aryl methyl sites for hydroxylation is 1. The lowest BCUT2D eigenvalue weighted by Gasteiger charge is -2.15. The highest BCUT2D eigenvalue weighted by molar-refractivity contribution is 7.92. The summed E-state index contributed by atoms with van der Waals surface area (Å²) in [4.78, 5) is 6.78. The Kier molecular flexibility index (Phi) is 7.14. The average molecular weight is 539 g/mol. The number of nitrogens with zero attached hydrogens (tertiary/aromatic N) is 4. The van der Waals surface area contributed by atoms with Gasteiger partial charge < -0.3 is 15.3 Å². The molecule has 0 saturated carbocycles. The molecule has 0 atom stereocenters. The average Bonchev–Trinajstić information content (AvgIpc) is 3.40. The van der Waals surface area contributed by atoms with E-state index in [4.69, 9.17) is 11.6 Å². The van der Waals surface area contributed by atoms with Gasteiger partial charge in [0.1, 0.15) is 11.3 Å². The van der Waals surface area contributed by atoms with Crippen LogP contribution < -0.4 is 10.0 Å². The summed E-state index contributed by atoms with van der Waals surface area (Å²) < 4.78 is 27.5. The fraction of sp³-hybridized carbons (Fsp3) is 0.269. The summed E-state index contributed by atoms with van der Waals surface area (Å²) in [6.07, 6.45) is 2.26. The second-order valence-corrected chi connectivity index (χ2v) is 11.4. The molecular weight excluding hydrogens is 512 g/mol. The van der Waals surface area contributed by atoms with Crippen LogP contribution in [0.4, 0.5) is 17.3 Å². The second kappa shape index (κ2) is 10.5. The number of benzene rings is 3. The van der Waals surface area contributed by atoms with Crippen LogP contribution in [0.2, 0.25) is 5.02 Å². The van der Waals surface area contributed by atoms with Crippen molar-refractivity contribution in [3.05, 3.63) is 65.2 Å². The number of phenols is 1. The molecule has 11 heteroatoms. The summed E-state index contributed by atoms with van der Waals surface area (Å²) >= 11 is 6.33. The molecule has 1 saturated heterocycles. The van der Waals surface area contributed by atoms with Crippen LogP contribution in [0.5, 0.6) is 5.75 Å². The van der Waals surface area contributed by atoms with E-state index in [-0.39, 0.29) is 11.5 Å². The largest absolute Gasteiger partial charge is 0.508 e. The first-order chi connectivity index (χ1) is 17.8. The van der Waals surface area contributed by atoms with Gasteiger partial charge in [0.2, 0.25) is 16.0 Å². The zero-order valence-corrected chi connectivity index (χ0v) is 21.8. The van der Waals surface area contributed by atoms with Gasteiger partial charge in [0.25, 0.3) is 0 Å². The van der Waals surface area contributed by atoms with Crippen LogP contribution in [0, 0.1) is 6.92 Å². The Bertz CT molecular complexity index is 1540. The lowest BCUT2D eigenvalue weighted by Crippen LogP contribution is -2.29. The van der Waals surface area contributed by atoms with Gasteiger partial charge in [-0.15, -0.1) is 10.2 Å². The Hall–Kier alpha value is -3.47. The van der Waals surface area contributed by atoms with Gasteiger partial charge in [0, 0.05) is 28.5 Å². The predicted molar refractivity (Wildman–Crippen MR) is 147 cm³/mol. The van der Waals surface area contributed by atoms with Crippen molar-refractivity contribution in [1.82, 2.24) is 20.1 Å².